The minimum atomic E-state index is 0.476. The van der Waals surface area contributed by atoms with Crippen molar-refractivity contribution in [3.8, 4) is 0 Å². The highest BCUT2D eigenvalue weighted by Crippen LogP contribution is 2.31. The van der Waals surface area contributed by atoms with E-state index in [1.165, 1.54) is 22.5 Å². The summed E-state index contributed by atoms with van der Waals surface area (Å²) in [7, 11) is 4.27. The van der Waals surface area contributed by atoms with E-state index in [1.54, 1.807) is 0 Å². The lowest BCUT2D eigenvalue weighted by Crippen LogP contribution is -2.36. The van der Waals surface area contributed by atoms with E-state index in [0.717, 1.165) is 6.54 Å². The molecule has 1 atom stereocenters. The smallest absolute Gasteiger partial charge is 0.0441 e. The van der Waals surface area contributed by atoms with E-state index in [-0.39, 0.29) is 0 Å². The fraction of sp³-hybridized carbons (Fsp3) is 0.368. The van der Waals surface area contributed by atoms with Crippen molar-refractivity contribution in [1.82, 2.24) is 4.90 Å². The molecule has 2 nitrogen and oxygen atoms in total. The largest absolute Gasteiger partial charge is 0.339 e. The molecular formula is C19H26N2. The van der Waals surface area contributed by atoms with Crippen LogP contribution in [-0.4, -0.2) is 31.6 Å². The summed E-state index contributed by atoms with van der Waals surface area (Å²) in [6, 6.07) is 17.7. The van der Waals surface area contributed by atoms with Gasteiger partial charge in [-0.05, 0) is 58.1 Å². The summed E-state index contributed by atoms with van der Waals surface area (Å²) in [4.78, 5) is 4.71. The van der Waals surface area contributed by atoms with E-state index in [0.29, 0.717) is 6.04 Å². The Morgan fingerprint density at radius 1 is 0.810 bits per heavy atom. The van der Waals surface area contributed by atoms with Gasteiger partial charge in [0, 0.05) is 24.0 Å². The lowest BCUT2D eigenvalue weighted by atomic mass is 10.1. The molecule has 2 rings (SSSR count). The summed E-state index contributed by atoms with van der Waals surface area (Å²) in [6.07, 6.45) is 0. The minimum absolute atomic E-state index is 0.476. The van der Waals surface area contributed by atoms with E-state index in [4.69, 9.17) is 0 Å². The summed E-state index contributed by atoms with van der Waals surface area (Å²) in [5.41, 5.74) is 5.21. The monoisotopic (exact) mass is 282 g/mol. The molecule has 0 N–H and O–H groups in total. The first kappa shape index (κ1) is 15.6. The number of hydrogen-bond donors (Lipinski definition) is 0. The van der Waals surface area contributed by atoms with Crippen LogP contribution >= 0.6 is 0 Å². The third-order valence-corrected chi connectivity index (χ3v) is 4.14. The van der Waals surface area contributed by atoms with E-state index < -0.39 is 0 Å². The Bertz CT molecular complexity index is 544. The molecule has 0 saturated heterocycles. The van der Waals surface area contributed by atoms with Crippen molar-refractivity contribution in [1.29, 1.82) is 0 Å². The predicted molar refractivity (Wildman–Crippen MR) is 92.5 cm³/mol. The van der Waals surface area contributed by atoms with Gasteiger partial charge in [0.2, 0.25) is 0 Å². The minimum Gasteiger partial charge on any atom is -0.339 e. The van der Waals surface area contributed by atoms with Crippen LogP contribution in [0.15, 0.2) is 48.5 Å². The molecule has 2 aromatic rings. The summed E-state index contributed by atoms with van der Waals surface area (Å²) < 4.78 is 0. The quantitative estimate of drug-likeness (QED) is 0.802. The van der Waals surface area contributed by atoms with Crippen LogP contribution in [0.2, 0.25) is 0 Å². The highest BCUT2D eigenvalue weighted by atomic mass is 15.2. The lowest BCUT2D eigenvalue weighted by molar-refractivity contribution is 0.319. The second-order valence-corrected chi connectivity index (χ2v) is 6.00. The third-order valence-electron chi connectivity index (χ3n) is 4.14. The van der Waals surface area contributed by atoms with Crippen molar-refractivity contribution in [2.75, 3.05) is 25.5 Å². The molecule has 1 unspecified atom stereocenters. The van der Waals surface area contributed by atoms with Gasteiger partial charge in [-0.2, -0.15) is 0 Å². The molecule has 0 amide bonds. The number of hydrogen-bond acceptors (Lipinski definition) is 2. The van der Waals surface area contributed by atoms with Crippen LogP contribution in [0.4, 0.5) is 11.4 Å². The van der Waals surface area contributed by atoms with Crippen LogP contribution in [0.3, 0.4) is 0 Å². The van der Waals surface area contributed by atoms with E-state index >= 15 is 0 Å². The fourth-order valence-electron chi connectivity index (χ4n) is 2.49. The molecule has 0 aliphatic heterocycles. The maximum Gasteiger partial charge on any atom is 0.0441 e. The zero-order chi connectivity index (χ0) is 15.4. The van der Waals surface area contributed by atoms with Crippen molar-refractivity contribution in [3.63, 3.8) is 0 Å². The average Bonchev–Trinajstić information content (AvgIpc) is 2.46. The van der Waals surface area contributed by atoms with Gasteiger partial charge in [-0.15, -0.1) is 0 Å². The second-order valence-electron chi connectivity index (χ2n) is 6.00. The van der Waals surface area contributed by atoms with Crippen LogP contribution < -0.4 is 4.90 Å². The normalized spacial score (nSPS) is 12.5. The van der Waals surface area contributed by atoms with Crippen LogP contribution in [0, 0.1) is 13.8 Å². The number of para-hydroxylation sites is 2. The van der Waals surface area contributed by atoms with Gasteiger partial charge in [-0.25, -0.2) is 0 Å². The highest BCUT2D eigenvalue weighted by Gasteiger charge is 2.17. The molecule has 0 aliphatic carbocycles. The molecule has 2 aromatic carbocycles. The van der Waals surface area contributed by atoms with Gasteiger partial charge in [0.25, 0.3) is 0 Å². The maximum absolute atomic E-state index is 2.44. The molecule has 0 fully saturated rings. The van der Waals surface area contributed by atoms with E-state index in [2.05, 4.69) is 93.2 Å². The van der Waals surface area contributed by atoms with Crippen LogP contribution in [-0.2, 0) is 0 Å². The highest BCUT2D eigenvalue weighted by molar-refractivity contribution is 5.68. The first-order chi connectivity index (χ1) is 10.0. The summed E-state index contributed by atoms with van der Waals surface area (Å²) >= 11 is 0. The molecule has 112 valence electrons. The van der Waals surface area contributed by atoms with Crippen molar-refractivity contribution < 1.29 is 0 Å². The number of aryl methyl sites for hydroxylation is 2. The Hall–Kier alpha value is -1.80. The first-order valence-corrected chi connectivity index (χ1v) is 7.56. The van der Waals surface area contributed by atoms with E-state index in [9.17, 15) is 0 Å². The molecule has 21 heavy (non-hydrogen) atoms. The zero-order valence-electron chi connectivity index (χ0n) is 13.8. The SMILES string of the molecule is Cc1ccccc1N(CC(C)N(C)C)c1ccccc1C. The van der Waals surface area contributed by atoms with Gasteiger partial charge in [0.05, 0.1) is 0 Å². The lowest BCUT2D eigenvalue weighted by Gasteiger charge is -2.33. The standard InChI is InChI=1S/C19H26N2/c1-15-10-6-8-12-18(15)21(14-17(3)20(4)5)19-13-9-7-11-16(19)2/h6-13,17H,14H2,1-5H3. The van der Waals surface area contributed by atoms with Gasteiger partial charge in [-0.1, -0.05) is 36.4 Å². The number of nitrogens with zero attached hydrogens (tertiary/aromatic N) is 2. The van der Waals surface area contributed by atoms with Gasteiger partial charge >= 0.3 is 0 Å². The Morgan fingerprint density at radius 2 is 1.24 bits per heavy atom. The predicted octanol–water partition coefficient (Wildman–Crippen LogP) is 4.39. The average molecular weight is 282 g/mol. The molecule has 0 heterocycles. The van der Waals surface area contributed by atoms with Gasteiger partial charge < -0.3 is 9.80 Å². The zero-order valence-corrected chi connectivity index (χ0v) is 13.8. The van der Waals surface area contributed by atoms with E-state index in [1.807, 2.05) is 0 Å². The molecule has 0 radical (unpaired) electrons. The maximum atomic E-state index is 2.44. The second kappa shape index (κ2) is 6.77. The van der Waals surface area contributed by atoms with Crippen molar-refractivity contribution in [2.24, 2.45) is 0 Å². The first-order valence-electron chi connectivity index (χ1n) is 7.56. The molecule has 0 saturated carbocycles. The molecule has 0 aromatic heterocycles. The number of anilines is 2. The topological polar surface area (TPSA) is 6.48 Å². The van der Waals surface area contributed by atoms with Gasteiger partial charge in [-0.3, -0.25) is 0 Å². The summed E-state index contributed by atoms with van der Waals surface area (Å²) in [5.74, 6) is 0. The molecule has 2 heteroatoms. The number of benzene rings is 2. The third kappa shape index (κ3) is 3.64. The molecule has 0 bridgehead atoms. The Balaban J connectivity index is 2.45. The van der Waals surface area contributed by atoms with Crippen molar-refractivity contribution in [3.05, 3.63) is 59.7 Å². The molecule has 0 aliphatic rings. The van der Waals surface area contributed by atoms with Crippen LogP contribution in [0.25, 0.3) is 0 Å². The number of rotatable bonds is 5. The number of likely N-dealkylation sites (N-methyl/N-ethyl adjacent to an activating group) is 1. The van der Waals surface area contributed by atoms with Crippen molar-refractivity contribution >= 4 is 11.4 Å². The molecule has 0 spiro atoms. The summed E-state index contributed by atoms with van der Waals surface area (Å²) in [5, 5.41) is 0. The van der Waals surface area contributed by atoms with Crippen LogP contribution in [0.1, 0.15) is 18.1 Å². The van der Waals surface area contributed by atoms with Crippen molar-refractivity contribution in [2.45, 2.75) is 26.8 Å². The molecular weight excluding hydrogens is 256 g/mol. The van der Waals surface area contributed by atoms with Crippen LogP contribution in [0.5, 0.6) is 0 Å². The van der Waals surface area contributed by atoms with Gasteiger partial charge in [0.15, 0.2) is 0 Å². The van der Waals surface area contributed by atoms with Gasteiger partial charge in [0.1, 0.15) is 0 Å². The summed E-state index contributed by atoms with van der Waals surface area (Å²) in [6.45, 7) is 7.61. The fourth-order valence-corrected chi connectivity index (χ4v) is 2.49. The Morgan fingerprint density at radius 3 is 1.62 bits per heavy atom. The Labute approximate surface area is 129 Å². The Kier molecular flexibility index (Phi) is 5.03.